The summed E-state index contributed by atoms with van der Waals surface area (Å²) in [4.78, 5) is 22.6. The number of nitrogens with two attached hydrogens (primary N) is 1. The van der Waals surface area contributed by atoms with Crippen LogP contribution < -0.4 is 15.8 Å². The number of amides is 2. The number of rotatable bonds is 4. The Morgan fingerprint density at radius 3 is 2.45 bits per heavy atom. The standard InChI is InChI=1S/C11H10BrF3N2O3/c1-5(9(16)18)17-10(19)6-2-7(12)4-8(3-6)20-11(13,14)15/h2-5H,1H3,(H2,16,18)(H,17,19). The van der Waals surface area contributed by atoms with Gasteiger partial charge in [0.25, 0.3) is 5.91 Å². The third-order valence-electron chi connectivity index (χ3n) is 2.14. The van der Waals surface area contributed by atoms with E-state index in [4.69, 9.17) is 5.73 Å². The molecule has 1 aromatic carbocycles. The number of alkyl halides is 3. The van der Waals surface area contributed by atoms with Crippen molar-refractivity contribution in [3.05, 3.63) is 28.2 Å². The Morgan fingerprint density at radius 1 is 1.35 bits per heavy atom. The highest BCUT2D eigenvalue weighted by Gasteiger charge is 2.31. The van der Waals surface area contributed by atoms with Gasteiger partial charge in [-0.15, -0.1) is 13.2 Å². The highest BCUT2D eigenvalue weighted by Crippen LogP contribution is 2.27. The van der Waals surface area contributed by atoms with Crippen LogP contribution in [0.25, 0.3) is 0 Å². The minimum atomic E-state index is -4.87. The Morgan fingerprint density at radius 2 is 1.95 bits per heavy atom. The molecule has 3 N–H and O–H groups in total. The molecule has 1 atom stereocenters. The number of nitrogens with one attached hydrogen (secondary N) is 1. The second kappa shape index (κ2) is 6.12. The maximum absolute atomic E-state index is 12.1. The Labute approximate surface area is 120 Å². The fourth-order valence-electron chi connectivity index (χ4n) is 1.24. The Balaban J connectivity index is 2.95. The van der Waals surface area contributed by atoms with E-state index < -0.39 is 30.0 Å². The summed E-state index contributed by atoms with van der Waals surface area (Å²) < 4.78 is 40.3. The number of hydrogen-bond acceptors (Lipinski definition) is 3. The summed E-state index contributed by atoms with van der Waals surface area (Å²) in [5.74, 6) is -2.06. The molecule has 0 heterocycles. The van der Waals surface area contributed by atoms with Crippen LogP contribution in [0.2, 0.25) is 0 Å². The maximum Gasteiger partial charge on any atom is 0.573 e. The van der Waals surface area contributed by atoms with Crippen LogP contribution in [-0.2, 0) is 4.79 Å². The van der Waals surface area contributed by atoms with Crippen molar-refractivity contribution >= 4 is 27.7 Å². The average Bonchev–Trinajstić information content (AvgIpc) is 2.25. The molecule has 0 bridgehead atoms. The van der Waals surface area contributed by atoms with Crippen molar-refractivity contribution < 1.29 is 27.5 Å². The molecule has 0 aliphatic heterocycles. The third kappa shape index (κ3) is 5.08. The van der Waals surface area contributed by atoms with Gasteiger partial charge in [0.1, 0.15) is 11.8 Å². The van der Waals surface area contributed by atoms with E-state index in [0.717, 1.165) is 12.1 Å². The SMILES string of the molecule is CC(NC(=O)c1cc(Br)cc(OC(F)(F)F)c1)C(N)=O. The summed E-state index contributed by atoms with van der Waals surface area (Å²) in [6.45, 7) is 1.35. The van der Waals surface area contributed by atoms with Crippen LogP contribution in [0.15, 0.2) is 22.7 Å². The zero-order chi connectivity index (χ0) is 15.5. The van der Waals surface area contributed by atoms with Gasteiger partial charge in [-0.25, -0.2) is 0 Å². The van der Waals surface area contributed by atoms with E-state index in [1.807, 2.05) is 0 Å². The first-order chi connectivity index (χ1) is 9.08. The number of carbonyl (C=O) groups excluding carboxylic acids is 2. The minimum Gasteiger partial charge on any atom is -0.406 e. The van der Waals surface area contributed by atoms with E-state index in [1.54, 1.807) is 0 Å². The zero-order valence-electron chi connectivity index (χ0n) is 10.1. The van der Waals surface area contributed by atoms with Crippen LogP contribution in [-0.4, -0.2) is 24.2 Å². The van der Waals surface area contributed by atoms with Crippen LogP contribution in [0.3, 0.4) is 0 Å². The lowest BCUT2D eigenvalue weighted by Gasteiger charge is -2.13. The van der Waals surface area contributed by atoms with Crippen molar-refractivity contribution in [1.82, 2.24) is 5.32 Å². The van der Waals surface area contributed by atoms with Crippen LogP contribution in [0, 0.1) is 0 Å². The lowest BCUT2D eigenvalue weighted by Crippen LogP contribution is -2.42. The van der Waals surface area contributed by atoms with E-state index in [-0.39, 0.29) is 10.0 Å². The number of halogens is 4. The highest BCUT2D eigenvalue weighted by atomic mass is 79.9. The smallest absolute Gasteiger partial charge is 0.406 e. The summed E-state index contributed by atoms with van der Waals surface area (Å²) in [5, 5.41) is 2.24. The first kappa shape index (κ1) is 16.3. The molecule has 0 saturated carbocycles. The molecular formula is C11H10BrF3N2O3. The molecule has 110 valence electrons. The average molecular weight is 355 g/mol. The normalized spacial score (nSPS) is 12.7. The van der Waals surface area contributed by atoms with E-state index in [1.165, 1.54) is 13.0 Å². The predicted molar refractivity (Wildman–Crippen MR) is 66.9 cm³/mol. The number of ether oxygens (including phenoxy) is 1. The molecule has 1 rings (SSSR count). The maximum atomic E-state index is 12.1. The van der Waals surface area contributed by atoms with E-state index in [0.29, 0.717) is 0 Å². The first-order valence-electron chi connectivity index (χ1n) is 5.25. The molecule has 5 nitrogen and oxygen atoms in total. The monoisotopic (exact) mass is 354 g/mol. The van der Waals surface area contributed by atoms with Gasteiger partial charge >= 0.3 is 6.36 Å². The van der Waals surface area contributed by atoms with Gasteiger partial charge < -0.3 is 15.8 Å². The zero-order valence-corrected chi connectivity index (χ0v) is 11.7. The van der Waals surface area contributed by atoms with Gasteiger partial charge in [0.05, 0.1) is 0 Å². The first-order valence-corrected chi connectivity index (χ1v) is 6.04. The molecule has 2 amide bonds. The summed E-state index contributed by atoms with van der Waals surface area (Å²) >= 11 is 2.97. The van der Waals surface area contributed by atoms with Gasteiger partial charge in [0, 0.05) is 10.0 Å². The van der Waals surface area contributed by atoms with Gasteiger partial charge in [-0.05, 0) is 25.1 Å². The molecule has 1 unspecified atom stereocenters. The second-order valence-corrected chi connectivity index (χ2v) is 4.74. The van der Waals surface area contributed by atoms with Crippen molar-refractivity contribution in [2.24, 2.45) is 5.73 Å². The summed E-state index contributed by atoms with van der Waals surface area (Å²) in [5.41, 5.74) is 4.86. The number of primary amides is 1. The lowest BCUT2D eigenvalue weighted by molar-refractivity contribution is -0.274. The largest absolute Gasteiger partial charge is 0.573 e. The van der Waals surface area contributed by atoms with Gasteiger partial charge in [-0.2, -0.15) is 0 Å². The number of carbonyl (C=O) groups is 2. The van der Waals surface area contributed by atoms with Gasteiger partial charge in [0.2, 0.25) is 5.91 Å². The highest BCUT2D eigenvalue weighted by molar-refractivity contribution is 9.10. The second-order valence-electron chi connectivity index (χ2n) is 3.82. The van der Waals surface area contributed by atoms with Gasteiger partial charge in [-0.3, -0.25) is 9.59 Å². The van der Waals surface area contributed by atoms with Crippen LogP contribution in [0.1, 0.15) is 17.3 Å². The van der Waals surface area contributed by atoms with Crippen molar-refractivity contribution in [2.45, 2.75) is 19.3 Å². The van der Waals surface area contributed by atoms with Gasteiger partial charge in [-0.1, -0.05) is 15.9 Å². The Hall–Kier alpha value is -1.77. The molecular weight excluding hydrogens is 345 g/mol. The molecule has 0 radical (unpaired) electrons. The predicted octanol–water partition coefficient (Wildman–Crippen LogP) is 1.95. The summed E-state index contributed by atoms with van der Waals surface area (Å²) in [7, 11) is 0. The van der Waals surface area contributed by atoms with Crippen LogP contribution in [0.4, 0.5) is 13.2 Å². The molecule has 9 heteroatoms. The topological polar surface area (TPSA) is 81.4 Å². The fraction of sp³-hybridized carbons (Fsp3) is 0.273. The van der Waals surface area contributed by atoms with E-state index in [9.17, 15) is 22.8 Å². The Kier molecular flexibility index (Phi) is 4.98. The van der Waals surface area contributed by atoms with E-state index >= 15 is 0 Å². The summed E-state index contributed by atoms with van der Waals surface area (Å²) in [6.07, 6.45) is -4.87. The molecule has 0 fully saturated rings. The van der Waals surface area contributed by atoms with Crippen molar-refractivity contribution in [1.29, 1.82) is 0 Å². The third-order valence-corrected chi connectivity index (χ3v) is 2.60. The molecule has 0 aromatic heterocycles. The Bertz CT molecular complexity index is 534. The van der Waals surface area contributed by atoms with Crippen LogP contribution in [0.5, 0.6) is 5.75 Å². The van der Waals surface area contributed by atoms with E-state index in [2.05, 4.69) is 26.0 Å². The number of benzene rings is 1. The molecule has 0 spiro atoms. The molecule has 20 heavy (non-hydrogen) atoms. The molecule has 0 aliphatic carbocycles. The van der Waals surface area contributed by atoms with Gasteiger partial charge in [0.15, 0.2) is 0 Å². The fourth-order valence-corrected chi connectivity index (χ4v) is 1.71. The summed E-state index contributed by atoms with van der Waals surface area (Å²) in [6, 6.07) is 2.29. The van der Waals surface area contributed by atoms with Crippen LogP contribution >= 0.6 is 15.9 Å². The molecule has 1 aromatic rings. The molecule has 0 saturated heterocycles. The van der Waals surface area contributed by atoms with Crippen molar-refractivity contribution in [3.8, 4) is 5.75 Å². The molecule has 0 aliphatic rings. The number of hydrogen-bond donors (Lipinski definition) is 2. The quantitative estimate of drug-likeness (QED) is 0.866. The van der Waals surface area contributed by atoms with Crippen molar-refractivity contribution in [3.63, 3.8) is 0 Å². The minimum absolute atomic E-state index is 0.105. The van der Waals surface area contributed by atoms with Crippen molar-refractivity contribution in [2.75, 3.05) is 0 Å². The lowest BCUT2D eigenvalue weighted by atomic mass is 10.2.